The second-order valence-electron chi connectivity index (χ2n) is 1.32. The van der Waals surface area contributed by atoms with Gasteiger partial charge in [0.25, 0.3) is 0 Å². The second kappa shape index (κ2) is 2.43. The van der Waals surface area contributed by atoms with E-state index in [2.05, 4.69) is 5.10 Å². The third kappa shape index (κ3) is 1.48. The van der Waals surface area contributed by atoms with E-state index in [-0.39, 0.29) is 5.17 Å². The van der Waals surface area contributed by atoms with Crippen LogP contribution in [0, 0.1) is 0 Å². The summed E-state index contributed by atoms with van der Waals surface area (Å²) in [6.45, 7) is 0. The molecule has 1 aliphatic heterocycles. The first-order valence-corrected chi connectivity index (χ1v) is 2.80. The predicted molar refractivity (Wildman–Crippen MR) is 35.1 cm³/mol. The van der Waals surface area contributed by atoms with Crippen molar-refractivity contribution in [1.29, 1.82) is 0 Å². The third-order valence-electron chi connectivity index (χ3n) is 0.706. The van der Waals surface area contributed by atoms with E-state index in [1.165, 1.54) is 12.3 Å². The Morgan fingerprint density at radius 2 is 2.33 bits per heavy atom. The lowest BCUT2D eigenvalue weighted by Crippen LogP contribution is -2.28. The van der Waals surface area contributed by atoms with Crippen LogP contribution in [0.4, 0.5) is 0 Å². The Kier molecular flexibility index (Phi) is 1.80. The topological polar surface area (TPSA) is 42.6 Å². The molecule has 0 bridgehead atoms. The maximum atomic E-state index is 6.91. The molecule has 9 heavy (non-hydrogen) atoms. The zero-order valence-corrected chi connectivity index (χ0v) is 5.76. The van der Waals surface area contributed by atoms with E-state index in [4.69, 9.17) is 29.2 Å². The Morgan fingerprint density at radius 3 is 2.78 bits per heavy atom. The molecule has 0 atom stereocenters. The van der Waals surface area contributed by atoms with Gasteiger partial charge in [0.05, 0.1) is 0 Å². The zero-order valence-electron chi connectivity index (χ0n) is 4.25. The Hall–Kier alpha value is -0.450. The summed E-state index contributed by atoms with van der Waals surface area (Å²) in [4.78, 5) is 0. The van der Waals surface area contributed by atoms with Gasteiger partial charge in [-0.05, 0) is 6.08 Å². The smallest absolute Gasteiger partial charge is 0.154 e. The number of rotatable bonds is 0. The molecule has 6 heteroatoms. The minimum atomic E-state index is 0.238. The summed E-state index contributed by atoms with van der Waals surface area (Å²) in [7, 11) is 0. The summed E-state index contributed by atoms with van der Waals surface area (Å²) in [5.41, 5.74) is 0. The molecule has 0 saturated heterocycles. The van der Waals surface area contributed by atoms with Crippen molar-refractivity contribution in [3.63, 3.8) is 0 Å². The lowest BCUT2D eigenvalue weighted by Gasteiger charge is -2.20. The number of hydrogen-bond acceptors (Lipinski definition) is 3. The molecular weight excluding hydrogens is 163 g/mol. The fourth-order valence-corrected chi connectivity index (χ4v) is 0.571. The monoisotopic (exact) mass is 165 g/mol. The van der Waals surface area contributed by atoms with Crippen molar-refractivity contribution >= 4 is 28.5 Å². The van der Waals surface area contributed by atoms with E-state index >= 15 is 0 Å². The molecule has 0 aliphatic carbocycles. The number of nitrogens with one attached hydrogen (secondary N) is 1. The SMILES string of the molecule is [NH]N1N=C(Cl)C=CN1Cl. The van der Waals surface area contributed by atoms with E-state index in [1.54, 1.807) is 0 Å². The van der Waals surface area contributed by atoms with Gasteiger partial charge in [0.2, 0.25) is 0 Å². The first kappa shape index (κ1) is 6.67. The number of allylic oxidation sites excluding steroid dienone is 1. The molecule has 1 N–H and O–H groups in total. The maximum absolute atomic E-state index is 6.91. The zero-order chi connectivity index (χ0) is 6.85. The van der Waals surface area contributed by atoms with Crippen LogP contribution in [0.5, 0.6) is 0 Å². The molecule has 0 aromatic heterocycles. The fourth-order valence-electron chi connectivity index (χ4n) is 0.353. The van der Waals surface area contributed by atoms with Gasteiger partial charge in [0.15, 0.2) is 5.17 Å². The number of nitrogens with zero attached hydrogens (tertiary/aromatic N) is 3. The van der Waals surface area contributed by atoms with E-state index in [0.717, 1.165) is 4.53 Å². The Morgan fingerprint density at radius 1 is 1.67 bits per heavy atom. The van der Waals surface area contributed by atoms with E-state index < -0.39 is 0 Å². The molecule has 0 unspecified atom stereocenters. The molecule has 1 radical (unpaired) electrons. The van der Waals surface area contributed by atoms with Gasteiger partial charge < -0.3 is 0 Å². The fraction of sp³-hybridized carbons (Fsp3) is 0. The molecule has 0 saturated carbocycles. The summed E-state index contributed by atoms with van der Waals surface area (Å²) >= 11 is 10.7. The van der Waals surface area contributed by atoms with Gasteiger partial charge in [-0.1, -0.05) is 16.8 Å². The highest BCUT2D eigenvalue weighted by molar-refractivity contribution is 6.68. The van der Waals surface area contributed by atoms with Crippen molar-refractivity contribution < 1.29 is 0 Å². The quantitative estimate of drug-likeness (QED) is 0.502. The van der Waals surface area contributed by atoms with Gasteiger partial charge in [-0.25, -0.2) is 0 Å². The van der Waals surface area contributed by atoms with Crippen LogP contribution < -0.4 is 5.84 Å². The first-order chi connectivity index (χ1) is 4.20. The number of hydrazine groups is 1. The molecule has 49 valence electrons. The Labute approximate surface area is 62.2 Å². The molecule has 1 heterocycles. The number of halogens is 2. The summed E-state index contributed by atoms with van der Waals surface area (Å²) in [6, 6.07) is 0. The number of hydrogen-bond donors (Lipinski definition) is 0. The second-order valence-corrected chi connectivity index (χ2v) is 2.05. The summed E-state index contributed by atoms with van der Waals surface area (Å²) in [5, 5.41) is 4.36. The molecule has 0 aromatic carbocycles. The van der Waals surface area contributed by atoms with Gasteiger partial charge in [-0.15, -0.1) is 10.9 Å². The van der Waals surface area contributed by atoms with Crippen LogP contribution in [-0.4, -0.2) is 14.9 Å². The largest absolute Gasteiger partial charge is 0.168 e. The van der Waals surface area contributed by atoms with E-state index in [0.29, 0.717) is 5.23 Å². The van der Waals surface area contributed by atoms with Crippen LogP contribution in [-0.2, 0) is 0 Å². The van der Waals surface area contributed by atoms with Crippen molar-refractivity contribution in [3.05, 3.63) is 12.3 Å². The van der Waals surface area contributed by atoms with Gasteiger partial charge in [-0.2, -0.15) is 4.53 Å². The standard InChI is InChI=1S/C3H3Cl2N4/c4-3-1-2-8(5)9(6)7-3/h1-2,6H. The molecule has 0 fully saturated rings. The third-order valence-corrected chi connectivity index (χ3v) is 1.16. The molecule has 0 amide bonds. The van der Waals surface area contributed by atoms with Crippen molar-refractivity contribution in [3.8, 4) is 0 Å². The van der Waals surface area contributed by atoms with Gasteiger partial charge >= 0.3 is 0 Å². The van der Waals surface area contributed by atoms with Crippen LogP contribution >= 0.6 is 23.4 Å². The van der Waals surface area contributed by atoms with Crippen molar-refractivity contribution in [1.82, 2.24) is 15.6 Å². The van der Waals surface area contributed by atoms with Crippen LogP contribution in [0.1, 0.15) is 0 Å². The van der Waals surface area contributed by atoms with Crippen molar-refractivity contribution in [2.75, 3.05) is 0 Å². The van der Waals surface area contributed by atoms with Crippen LogP contribution in [0.3, 0.4) is 0 Å². The lowest BCUT2D eigenvalue weighted by molar-refractivity contribution is 0.0981. The first-order valence-electron chi connectivity index (χ1n) is 2.09. The minimum Gasteiger partial charge on any atom is -0.168 e. The van der Waals surface area contributed by atoms with Gasteiger partial charge in [0.1, 0.15) is 0 Å². The maximum Gasteiger partial charge on any atom is 0.154 e. The highest BCUT2D eigenvalue weighted by Gasteiger charge is 2.06. The van der Waals surface area contributed by atoms with Crippen LogP contribution in [0.15, 0.2) is 17.4 Å². The van der Waals surface area contributed by atoms with Crippen LogP contribution in [0.25, 0.3) is 0 Å². The average molecular weight is 166 g/mol. The Bertz CT molecular complexity index is 165. The molecule has 0 aromatic rings. The van der Waals surface area contributed by atoms with Crippen molar-refractivity contribution in [2.24, 2.45) is 5.10 Å². The summed E-state index contributed by atoms with van der Waals surface area (Å²) in [6.07, 6.45) is 2.91. The summed E-state index contributed by atoms with van der Waals surface area (Å²) < 4.78 is 0.964. The van der Waals surface area contributed by atoms with Gasteiger partial charge in [0, 0.05) is 18.0 Å². The average Bonchev–Trinajstić information content (AvgIpc) is 1.80. The molecule has 0 spiro atoms. The predicted octanol–water partition coefficient (Wildman–Crippen LogP) is 0.937. The van der Waals surface area contributed by atoms with Crippen LogP contribution in [0.2, 0.25) is 0 Å². The molecule has 1 rings (SSSR count). The van der Waals surface area contributed by atoms with Gasteiger partial charge in [-0.3, -0.25) is 0 Å². The van der Waals surface area contributed by atoms with Crippen molar-refractivity contribution in [2.45, 2.75) is 0 Å². The number of hydrazone groups is 1. The molecule has 1 aliphatic rings. The van der Waals surface area contributed by atoms with E-state index in [1.807, 2.05) is 0 Å². The Balaban J connectivity index is 2.70. The lowest BCUT2D eigenvalue weighted by atomic mass is 10.6. The highest BCUT2D eigenvalue weighted by atomic mass is 35.5. The normalized spacial score (nSPS) is 18.3. The minimum absolute atomic E-state index is 0.238. The molecule has 4 nitrogen and oxygen atoms in total. The highest BCUT2D eigenvalue weighted by Crippen LogP contribution is 2.07. The van der Waals surface area contributed by atoms with E-state index in [9.17, 15) is 0 Å². The summed E-state index contributed by atoms with van der Waals surface area (Å²) in [5.74, 6) is 6.91. The molecular formula is C3H3Cl2N4.